The molecule has 0 amide bonds. The summed E-state index contributed by atoms with van der Waals surface area (Å²) in [5.41, 5.74) is 1.05. The van der Waals surface area contributed by atoms with Crippen molar-refractivity contribution in [1.82, 2.24) is 4.90 Å². The van der Waals surface area contributed by atoms with Gasteiger partial charge in [0.05, 0.1) is 0 Å². The number of nitrogens with zero attached hydrogens (tertiary/aromatic N) is 1. The Morgan fingerprint density at radius 3 is 1.67 bits per heavy atom. The van der Waals surface area contributed by atoms with Crippen molar-refractivity contribution in [1.29, 1.82) is 0 Å². The molecule has 2 saturated heterocycles. The van der Waals surface area contributed by atoms with Gasteiger partial charge in [0.2, 0.25) is 0 Å². The van der Waals surface area contributed by atoms with E-state index in [1.54, 1.807) is 0 Å². The van der Waals surface area contributed by atoms with E-state index in [1.165, 1.54) is 45.2 Å². The Kier molecular flexibility index (Phi) is 3.96. The lowest BCUT2D eigenvalue weighted by Gasteiger charge is -2.60. The maximum absolute atomic E-state index is 2.89. The van der Waals surface area contributed by atoms with Crippen molar-refractivity contribution in [3.63, 3.8) is 0 Å². The molecule has 0 aromatic rings. The normalized spacial score (nSPS) is 41.7. The zero-order chi connectivity index (χ0) is 15.4. The molecule has 1 nitrogen and oxygen atoms in total. The Labute approximate surface area is 132 Å². The van der Waals surface area contributed by atoms with Crippen LogP contribution in [0.15, 0.2) is 0 Å². The minimum Gasteiger partial charge on any atom is -0.300 e. The molecule has 0 radical (unpaired) electrons. The molecule has 1 heteroatoms. The quantitative estimate of drug-likeness (QED) is 0.641. The summed E-state index contributed by atoms with van der Waals surface area (Å²) in [6, 6.07) is 0.912. The maximum Gasteiger partial charge on any atom is 0.00957 e. The topological polar surface area (TPSA) is 3.24 Å². The van der Waals surface area contributed by atoms with Crippen LogP contribution in [0.25, 0.3) is 0 Å². The van der Waals surface area contributed by atoms with E-state index in [1.807, 2.05) is 0 Å². The van der Waals surface area contributed by atoms with Gasteiger partial charge in [-0.2, -0.15) is 0 Å². The van der Waals surface area contributed by atoms with Crippen LogP contribution in [0.5, 0.6) is 0 Å². The minimum absolute atomic E-state index is 0.520. The predicted octanol–water partition coefficient (Wildman–Crippen LogP) is 5.21. The molecule has 4 fully saturated rings. The van der Waals surface area contributed by atoms with Crippen LogP contribution in [0.1, 0.15) is 73.6 Å². The third kappa shape index (κ3) is 3.05. The van der Waals surface area contributed by atoms with E-state index < -0.39 is 0 Å². The van der Waals surface area contributed by atoms with Crippen LogP contribution < -0.4 is 0 Å². The molecule has 2 atom stereocenters. The van der Waals surface area contributed by atoms with Gasteiger partial charge < -0.3 is 0 Å². The van der Waals surface area contributed by atoms with Gasteiger partial charge in [-0.05, 0) is 66.6 Å². The molecular formula is C20H37N. The lowest BCUT2D eigenvalue weighted by Crippen LogP contribution is -2.61. The van der Waals surface area contributed by atoms with E-state index in [9.17, 15) is 0 Å². The summed E-state index contributed by atoms with van der Waals surface area (Å²) in [7, 11) is 0. The Balaban J connectivity index is 1.53. The Hall–Kier alpha value is -0.0400. The first kappa shape index (κ1) is 15.8. The fourth-order valence-electron chi connectivity index (χ4n) is 5.94. The molecule has 2 aliphatic carbocycles. The van der Waals surface area contributed by atoms with Crippen LogP contribution >= 0.6 is 0 Å². The zero-order valence-electron chi connectivity index (χ0n) is 15.3. The van der Waals surface area contributed by atoms with Gasteiger partial charge in [0.1, 0.15) is 0 Å². The van der Waals surface area contributed by atoms with Gasteiger partial charge in [0.25, 0.3) is 0 Å². The maximum atomic E-state index is 2.89. The fourth-order valence-corrected chi connectivity index (χ4v) is 5.94. The zero-order valence-corrected chi connectivity index (χ0v) is 15.3. The van der Waals surface area contributed by atoms with Crippen molar-refractivity contribution in [2.45, 2.75) is 79.7 Å². The van der Waals surface area contributed by atoms with Gasteiger partial charge >= 0.3 is 0 Å². The van der Waals surface area contributed by atoms with Crippen molar-refractivity contribution in [3.8, 4) is 0 Å². The third-order valence-corrected chi connectivity index (χ3v) is 7.00. The van der Waals surface area contributed by atoms with Crippen LogP contribution in [-0.2, 0) is 0 Å². The van der Waals surface area contributed by atoms with Crippen LogP contribution in [0.2, 0.25) is 0 Å². The van der Waals surface area contributed by atoms with E-state index in [0.717, 1.165) is 29.7 Å². The van der Waals surface area contributed by atoms with Gasteiger partial charge in [0.15, 0.2) is 0 Å². The monoisotopic (exact) mass is 291 g/mol. The van der Waals surface area contributed by atoms with Crippen molar-refractivity contribution >= 4 is 0 Å². The van der Waals surface area contributed by atoms with Gasteiger partial charge in [0, 0.05) is 19.1 Å². The molecule has 4 aliphatic rings. The van der Waals surface area contributed by atoms with Gasteiger partial charge in [-0.1, -0.05) is 41.5 Å². The number of piperidine rings is 2. The minimum atomic E-state index is 0.520. The fraction of sp³-hybridized carbons (Fsp3) is 1.00. The summed E-state index contributed by atoms with van der Waals surface area (Å²) in [5.74, 6) is 3.96. The standard InChI is InChI=1S/C20H37N/c1-19(2,3)16-7-9-17(10-8-16)21-12-14-11-15(13-21)18(14)20(4,5)6/h14-18H,7-13H2,1-6H3. The average molecular weight is 292 g/mol. The van der Waals surface area contributed by atoms with Gasteiger partial charge in [-0.3, -0.25) is 4.90 Å². The molecule has 122 valence electrons. The first-order valence-corrected chi connectivity index (χ1v) is 9.40. The summed E-state index contributed by atoms with van der Waals surface area (Å²) in [4.78, 5) is 2.89. The molecule has 4 rings (SSSR count). The number of fused-ring (bicyclic) bond motifs is 2. The number of hydrogen-bond donors (Lipinski definition) is 0. The molecule has 2 bridgehead atoms. The average Bonchev–Trinajstić information content (AvgIpc) is 2.36. The molecule has 2 unspecified atom stereocenters. The van der Waals surface area contributed by atoms with Crippen molar-refractivity contribution in [2.24, 2.45) is 34.5 Å². The largest absolute Gasteiger partial charge is 0.300 e. The lowest BCUT2D eigenvalue weighted by molar-refractivity contribution is -0.113. The SMILES string of the molecule is CC(C)(C)C1CCC(N2CC3CC(C2)C3C(C)(C)C)CC1. The van der Waals surface area contributed by atoms with Gasteiger partial charge in [-0.15, -0.1) is 0 Å². The van der Waals surface area contributed by atoms with E-state index >= 15 is 0 Å². The van der Waals surface area contributed by atoms with E-state index in [0.29, 0.717) is 10.8 Å². The highest BCUT2D eigenvalue weighted by molar-refractivity contribution is 5.03. The highest BCUT2D eigenvalue weighted by Gasteiger charge is 2.52. The van der Waals surface area contributed by atoms with Crippen molar-refractivity contribution in [3.05, 3.63) is 0 Å². The van der Waals surface area contributed by atoms with E-state index in [2.05, 4.69) is 46.4 Å². The smallest absolute Gasteiger partial charge is 0.00957 e. The molecule has 0 N–H and O–H groups in total. The molecule has 0 aromatic carbocycles. The summed E-state index contributed by atoms with van der Waals surface area (Å²) in [6.45, 7) is 17.5. The van der Waals surface area contributed by atoms with E-state index in [4.69, 9.17) is 0 Å². The molecule has 21 heavy (non-hydrogen) atoms. The third-order valence-electron chi connectivity index (χ3n) is 7.00. The first-order valence-electron chi connectivity index (χ1n) is 9.40. The Morgan fingerprint density at radius 2 is 1.24 bits per heavy atom. The van der Waals surface area contributed by atoms with Crippen LogP contribution in [0, 0.1) is 34.5 Å². The molecule has 2 saturated carbocycles. The summed E-state index contributed by atoms with van der Waals surface area (Å²) in [5, 5.41) is 0. The highest BCUT2D eigenvalue weighted by Crippen LogP contribution is 2.54. The molecule has 2 heterocycles. The summed E-state index contributed by atoms with van der Waals surface area (Å²) in [6.07, 6.45) is 7.37. The second kappa shape index (κ2) is 5.25. The molecule has 2 aliphatic heterocycles. The van der Waals surface area contributed by atoms with Crippen LogP contribution in [0.4, 0.5) is 0 Å². The molecule has 0 aromatic heterocycles. The summed E-state index contributed by atoms with van der Waals surface area (Å²) >= 11 is 0. The predicted molar refractivity (Wildman–Crippen MR) is 91.3 cm³/mol. The van der Waals surface area contributed by atoms with E-state index in [-0.39, 0.29) is 0 Å². The number of hydrogen-bond acceptors (Lipinski definition) is 1. The van der Waals surface area contributed by atoms with Crippen LogP contribution in [-0.4, -0.2) is 24.0 Å². The Morgan fingerprint density at radius 1 is 0.714 bits per heavy atom. The van der Waals surface area contributed by atoms with Crippen LogP contribution in [0.3, 0.4) is 0 Å². The van der Waals surface area contributed by atoms with Gasteiger partial charge in [-0.25, -0.2) is 0 Å². The molecule has 0 spiro atoms. The summed E-state index contributed by atoms with van der Waals surface area (Å²) < 4.78 is 0. The highest BCUT2D eigenvalue weighted by atomic mass is 15.2. The molecular weight excluding hydrogens is 254 g/mol. The van der Waals surface area contributed by atoms with Crippen molar-refractivity contribution in [2.75, 3.05) is 13.1 Å². The Bertz CT molecular complexity index is 352. The number of rotatable bonds is 1. The second-order valence-corrected chi connectivity index (χ2v) is 10.5. The second-order valence-electron chi connectivity index (χ2n) is 10.5. The lowest BCUT2D eigenvalue weighted by atomic mass is 9.52. The first-order chi connectivity index (χ1) is 9.66. The van der Waals surface area contributed by atoms with Crippen molar-refractivity contribution < 1.29 is 0 Å².